The lowest BCUT2D eigenvalue weighted by Crippen LogP contribution is -2.22. The second kappa shape index (κ2) is 6.31. The minimum Gasteiger partial charge on any atom is -0.462 e. The highest BCUT2D eigenvalue weighted by molar-refractivity contribution is 5.69. The molecule has 0 unspecified atom stereocenters. The first-order valence-electron chi connectivity index (χ1n) is 5.93. The summed E-state index contributed by atoms with van der Waals surface area (Å²) in [5, 5.41) is 0. The molecule has 0 aliphatic heterocycles. The number of benzene rings is 1. The monoisotopic (exact) mass is 220 g/mol. The van der Waals surface area contributed by atoms with Crippen LogP contribution in [0.15, 0.2) is 30.3 Å². The molecule has 0 aliphatic rings. The minimum absolute atomic E-state index is 0.0187. The number of hydrogen-bond donors (Lipinski definition) is 0. The Balaban J connectivity index is 2.70. The third-order valence-electron chi connectivity index (χ3n) is 2.86. The van der Waals surface area contributed by atoms with Crippen LogP contribution in [0.2, 0.25) is 0 Å². The Labute approximate surface area is 97.6 Å². The molecule has 0 fully saturated rings. The lowest BCUT2D eigenvalue weighted by Gasteiger charge is -2.23. The molecule has 0 radical (unpaired) electrons. The smallest absolute Gasteiger partial charge is 0.305 e. The summed E-state index contributed by atoms with van der Waals surface area (Å²) in [6.45, 7) is 5.97. The second-order valence-electron chi connectivity index (χ2n) is 3.99. The zero-order valence-electron chi connectivity index (χ0n) is 10.3. The van der Waals surface area contributed by atoms with Crippen molar-refractivity contribution in [3.8, 4) is 0 Å². The molecule has 0 amide bonds. The maximum absolute atomic E-state index is 11.3. The van der Waals surface area contributed by atoms with Gasteiger partial charge in [0.15, 0.2) is 0 Å². The molecule has 0 aromatic heterocycles. The van der Waals surface area contributed by atoms with Crippen molar-refractivity contribution in [3.05, 3.63) is 35.9 Å². The summed E-state index contributed by atoms with van der Waals surface area (Å²) in [4.78, 5) is 11.3. The first-order valence-corrected chi connectivity index (χ1v) is 5.93. The number of carbonyl (C=O) groups is 1. The normalized spacial score (nSPS) is 14.2. The molecule has 0 spiro atoms. The van der Waals surface area contributed by atoms with Crippen molar-refractivity contribution in [3.63, 3.8) is 0 Å². The Bertz CT molecular complexity index is 319. The van der Waals surface area contributed by atoms with Crippen LogP contribution in [0.3, 0.4) is 0 Å². The van der Waals surface area contributed by atoms with E-state index in [-0.39, 0.29) is 18.0 Å². The van der Waals surface area contributed by atoms with Crippen molar-refractivity contribution in [2.75, 3.05) is 0 Å². The highest BCUT2D eigenvalue weighted by Gasteiger charge is 2.20. The SMILES string of the molecule is CCC(=O)O[C@H](CC)[C@@H](C)c1ccccc1. The average molecular weight is 220 g/mol. The minimum atomic E-state index is -0.116. The largest absolute Gasteiger partial charge is 0.462 e. The zero-order chi connectivity index (χ0) is 12.0. The third kappa shape index (κ3) is 3.37. The number of rotatable bonds is 5. The van der Waals surface area contributed by atoms with Crippen LogP contribution in [0.25, 0.3) is 0 Å². The van der Waals surface area contributed by atoms with E-state index in [1.807, 2.05) is 32.0 Å². The molecule has 0 bridgehead atoms. The van der Waals surface area contributed by atoms with E-state index in [1.165, 1.54) is 5.56 Å². The van der Waals surface area contributed by atoms with E-state index < -0.39 is 0 Å². The van der Waals surface area contributed by atoms with Crippen molar-refractivity contribution in [1.29, 1.82) is 0 Å². The molecule has 1 aromatic rings. The Morgan fingerprint density at radius 1 is 1.25 bits per heavy atom. The summed E-state index contributed by atoms with van der Waals surface area (Å²) in [6, 6.07) is 10.2. The van der Waals surface area contributed by atoms with Gasteiger partial charge in [-0.05, 0) is 12.0 Å². The van der Waals surface area contributed by atoms with Gasteiger partial charge in [-0.2, -0.15) is 0 Å². The van der Waals surface area contributed by atoms with Gasteiger partial charge in [-0.1, -0.05) is 51.1 Å². The maximum Gasteiger partial charge on any atom is 0.305 e. The highest BCUT2D eigenvalue weighted by atomic mass is 16.5. The molecule has 0 saturated carbocycles. The van der Waals surface area contributed by atoms with Crippen molar-refractivity contribution >= 4 is 5.97 Å². The molecule has 88 valence electrons. The van der Waals surface area contributed by atoms with Crippen molar-refractivity contribution in [2.45, 2.75) is 45.6 Å². The molecular weight excluding hydrogens is 200 g/mol. The molecule has 0 aliphatic carbocycles. The van der Waals surface area contributed by atoms with Gasteiger partial charge >= 0.3 is 5.97 Å². The van der Waals surface area contributed by atoms with E-state index >= 15 is 0 Å². The average Bonchev–Trinajstić information content (AvgIpc) is 2.35. The summed E-state index contributed by atoms with van der Waals surface area (Å²) in [5.74, 6) is 0.135. The first kappa shape index (κ1) is 12.8. The van der Waals surface area contributed by atoms with E-state index in [0.717, 1.165) is 6.42 Å². The lowest BCUT2D eigenvalue weighted by atomic mass is 9.94. The molecule has 2 atom stereocenters. The van der Waals surface area contributed by atoms with Crippen LogP contribution in [0.1, 0.15) is 45.1 Å². The molecule has 1 aromatic carbocycles. The van der Waals surface area contributed by atoms with Gasteiger partial charge in [0.05, 0.1) is 0 Å². The van der Waals surface area contributed by atoms with Crippen molar-refractivity contribution in [1.82, 2.24) is 0 Å². The molecular formula is C14H20O2. The van der Waals surface area contributed by atoms with Gasteiger partial charge in [-0.25, -0.2) is 0 Å². The number of ether oxygens (including phenoxy) is 1. The summed E-state index contributed by atoms with van der Waals surface area (Å²) in [7, 11) is 0. The molecule has 0 saturated heterocycles. The number of hydrogen-bond acceptors (Lipinski definition) is 2. The number of esters is 1. The fourth-order valence-corrected chi connectivity index (χ4v) is 1.76. The van der Waals surface area contributed by atoms with Crippen LogP contribution in [-0.4, -0.2) is 12.1 Å². The second-order valence-corrected chi connectivity index (χ2v) is 3.99. The standard InChI is InChI=1S/C14H20O2/c1-4-13(16-14(15)5-2)11(3)12-9-7-6-8-10-12/h6-11,13H,4-5H2,1-3H3/t11-,13+/m0/s1. The Hall–Kier alpha value is -1.31. The van der Waals surface area contributed by atoms with Crippen LogP contribution in [-0.2, 0) is 9.53 Å². The topological polar surface area (TPSA) is 26.3 Å². The van der Waals surface area contributed by atoms with Crippen LogP contribution in [0, 0.1) is 0 Å². The molecule has 0 N–H and O–H groups in total. The zero-order valence-corrected chi connectivity index (χ0v) is 10.3. The molecule has 2 nitrogen and oxygen atoms in total. The summed E-state index contributed by atoms with van der Waals surface area (Å²) in [6.07, 6.45) is 1.27. The lowest BCUT2D eigenvalue weighted by molar-refractivity contribution is -0.149. The summed E-state index contributed by atoms with van der Waals surface area (Å²) >= 11 is 0. The first-order chi connectivity index (χ1) is 7.69. The third-order valence-corrected chi connectivity index (χ3v) is 2.86. The van der Waals surface area contributed by atoms with Gasteiger partial charge in [0, 0.05) is 12.3 Å². The van der Waals surface area contributed by atoms with Crippen LogP contribution in [0.4, 0.5) is 0 Å². The van der Waals surface area contributed by atoms with Crippen LogP contribution in [0.5, 0.6) is 0 Å². The fraction of sp³-hybridized carbons (Fsp3) is 0.500. The van der Waals surface area contributed by atoms with E-state index in [1.54, 1.807) is 0 Å². The van der Waals surface area contributed by atoms with Gasteiger partial charge in [0.2, 0.25) is 0 Å². The van der Waals surface area contributed by atoms with E-state index in [4.69, 9.17) is 4.74 Å². The van der Waals surface area contributed by atoms with Gasteiger partial charge < -0.3 is 4.74 Å². The Morgan fingerprint density at radius 2 is 1.88 bits per heavy atom. The van der Waals surface area contributed by atoms with Crippen molar-refractivity contribution in [2.24, 2.45) is 0 Å². The predicted octanol–water partition coefficient (Wildman–Crippen LogP) is 3.52. The van der Waals surface area contributed by atoms with E-state index in [2.05, 4.69) is 19.1 Å². The van der Waals surface area contributed by atoms with E-state index in [0.29, 0.717) is 6.42 Å². The van der Waals surface area contributed by atoms with Crippen LogP contribution < -0.4 is 0 Å². The van der Waals surface area contributed by atoms with Gasteiger partial charge in [0.1, 0.15) is 6.10 Å². The summed E-state index contributed by atoms with van der Waals surface area (Å²) in [5.41, 5.74) is 1.22. The molecule has 16 heavy (non-hydrogen) atoms. The van der Waals surface area contributed by atoms with Gasteiger partial charge in [-0.3, -0.25) is 4.79 Å². The highest BCUT2D eigenvalue weighted by Crippen LogP contribution is 2.23. The van der Waals surface area contributed by atoms with Gasteiger partial charge in [0.25, 0.3) is 0 Å². The van der Waals surface area contributed by atoms with Crippen molar-refractivity contribution < 1.29 is 9.53 Å². The summed E-state index contributed by atoms with van der Waals surface area (Å²) < 4.78 is 5.43. The van der Waals surface area contributed by atoms with Crippen LogP contribution >= 0.6 is 0 Å². The molecule has 0 heterocycles. The van der Waals surface area contributed by atoms with E-state index in [9.17, 15) is 4.79 Å². The van der Waals surface area contributed by atoms with Gasteiger partial charge in [-0.15, -0.1) is 0 Å². The quantitative estimate of drug-likeness (QED) is 0.710. The molecule has 1 rings (SSSR count). The number of carbonyl (C=O) groups excluding carboxylic acids is 1. The Morgan fingerprint density at radius 3 is 2.38 bits per heavy atom. The predicted molar refractivity (Wildman–Crippen MR) is 65.3 cm³/mol. The maximum atomic E-state index is 11.3. The Kier molecular flexibility index (Phi) is 5.03. The fourth-order valence-electron chi connectivity index (χ4n) is 1.76. The molecule has 2 heteroatoms.